The zero-order valence-electron chi connectivity index (χ0n) is 21.7. The van der Waals surface area contributed by atoms with Gasteiger partial charge in [0.1, 0.15) is 12.4 Å². The van der Waals surface area contributed by atoms with Gasteiger partial charge in [0.15, 0.2) is 11.6 Å². The molecule has 3 saturated carbocycles. The summed E-state index contributed by atoms with van der Waals surface area (Å²) in [6.07, 6.45) is 15.5. The van der Waals surface area contributed by atoms with Crippen LogP contribution in [0.5, 0.6) is 5.75 Å². The summed E-state index contributed by atoms with van der Waals surface area (Å²) in [6, 6.07) is 6.09. The molecule has 1 aromatic carbocycles. The van der Waals surface area contributed by atoms with Gasteiger partial charge in [-0.05, 0) is 104 Å². The number of aliphatic hydroxyl groups excluding tert-OH is 1. The minimum absolute atomic E-state index is 0.0547. The van der Waals surface area contributed by atoms with Crippen LogP contribution >= 0.6 is 0 Å². The van der Waals surface area contributed by atoms with Crippen LogP contribution in [0.4, 0.5) is 0 Å². The highest BCUT2D eigenvalue weighted by Gasteiger charge is 2.62. The lowest BCUT2D eigenvalue weighted by molar-refractivity contribution is -0.146. The summed E-state index contributed by atoms with van der Waals surface area (Å²) in [4.78, 5) is 25.5. The molecule has 3 fully saturated rings. The number of aryl methyl sites for hydroxylation is 2. The topological polar surface area (TPSA) is 63.6 Å². The van der Waals surface area contributed by atoms with Crippen LogP contribution in [0, 0.1) is 61.2 Å². The number of ether oxygens (including phenoxy) is 1. The zero-order chi connectivity index (χ0) is 25.5. The molecule has 0 bridgehead atoms. The molecule has 35 heavy (non-hydrogen) atoms. The zero-order valence-corrected chi connectivity index (χ0v) is 21.7. The Labute approximate surface area is 210 Å². The van der Waals surface area contributed by atoms with Crippen LogP contribution in [-0.2, 0) is 9.59 Å². The predicted molar refractivity (Wildman–Crippen MR) is 138 cm³/mol. The molecule has 4 nitrogen and oxygen atoms in total. The molecule has 1 N–H and O–H groups in total. The lowest BCUT2D eigenvalue weighted by Gasteiger charge is -2.59. The third-order valence-corrected chi connectivity index (χ3v) is 10.00. The van der Waals surface area contributed by atoms with Crippen molar-refractivity contribution in [1.29, 1.82) is 0 Å². The van der Waals surface area contributed by atoms with Crippen LogP contribution in [0.25, 0.3) is 0 Å². The maximum absolute atomic E-state index is 13.4. The van der Waals surface area contributed by atoms with Crippen LogP contribution in [0.15, 0.2) is 29.8 Å². The number of hydrogen-bond acceptors (Lipinski definition) is 4. The van der Waals surface area contributed by atoms with Gasteiger partial charge in [-0.1, -0.05) is 31.6 Å². The Balaban J connectivity index is 0.00000141. The molecule has 0 spiro atoms. The summed E-state index contributed by atoms with van der Waals surface area (Å²) in [5.74, 6) is 2.23. The van der Waals surface area contributed by atoms with E-state index < -0.39 is 6.10 Å². The molecule has 188 valence electrons. The fourth-order valence-corrected chi connectivity index (χ4v) is 8.33. The fraction of sp³-hybridized carbons (Fsp3) is 0.613. The Morgan fingerprint density at radius 2 is 1.89 bits per heavy atom. The maximum atomic E-state index is 13.4. The number of Topliss-reactive ketones (excluding diaryl/α,β-unsaturated/α-hetero) is 1. The van der Waals surface area contributed by atoms with Crippen molar-refractivity contribution >= 4 is 11.6 Å². The molecule has 7 atom stereocenters. The quantitative estimate of drug-likeness (QED) is 0.573. The van der Waals surface area contributed by atoms with Gasteiger partial charge in [0, 0.05) is 12.3 Å². The van der Waals surface area contributed by atoms with E-state index in [9.17, 15) is 14.7 Å². The molecule has 0 aromatic heterocycles. The van der Waals surface area contributed by atoms with Gasteiger partial charge >= 0.3 is 0 Å². The van der Waals surface area contributed by atoms with E-state index in [1.807, 2.05) is 32.1 Å². The number of terminal acetylenes is 1. The average molecular weight is 477 g/mol. The molecule has 0 saturated heterocycles. The number of rotatable bonds is 4. The molecule has 1 aromatic rings. The number of benzene rings is 1. The molecule has 4 aliphatic carbocycles. The monoisotopic (exact) mass is 476 g/mol. The Kier molecular flexibility index (Phi) is 7.04. The molecular formula is C31H40O4. The lowest BCUT2D eigenvalue weighted by atomic mass is 9.46. The van der Waals surface area contributed by atoms with Gasteiger partial charge in [-0.15, -0.1) is 12.8 Å². The van der Waals surface area contributed by atoms with Crippen molar-refractivity contribution in [2.45, 2.75) is 78.7 Å². The third kappa shape index (κ3) is 4.27. The smallest absolute Gasteiger partial charge is 0.173 e. The Hall–Kier alpha value is -2.38. The van der Waals surface area contributed by atoms with Crippen molar-refractivity contribution in [3.05, 3.63) is 41.0 Å². The highest BCUT2D eigenvalue weighted by molar-refractivity contribution is 5.91. The second-order valence-electron chi connectivity index (χ2n) is 11.8. The number of ketones is 2. The molecule has 4 aliphatic rings. The van der Waals surface area contributed by atoms with Crippen LogP contribution < -0.4 is 4.74 Å². The molecule has 0 radical (unpaired) electrons. The minimum atomic E-state index is -0.425. The number of carbonyl (C=O) groups excluding carboxylic acids is 2. The normalized spacial score (nSPS) is 37.6. The van der Waals surface area contributed by atoms with Crippen LogP contribution in [0.3, 0.4) is 0 Å². The summed E-state index contributed by atoms with van der Waals surface area (Å²) in [7, 11) is 0. The third-order valence-electron chi connectivity index (χ3n) is 10.00. The average Bonchev–Trinajstić information content (AvgIpc) is 3.17. The van der Waals surface area contributed by atoms with Crippen molar-refractivity contribution in [2.24, 2.45) is 34.5 Å². The largest absolute Gasteiger partial charge is 0.486 e. The summed E-state index contributed by atoms with van der Waals surface area (Å²) >= 11 is 0. The first-order valence-electron chi connectivity index (χ1n) is 13.1. The van der Waals surface area contributed by atoms with Gasteiger partial charge in [0.05, 0.1) is 6.10 Å². The molecule has 6 unspecified atom stereocenters. The molecule has 4 heteroatoms. The molecular weight excluding hydrogens is 436 g/mol. The van der Waals surface area contributed by atoms with Gasteiger partial charge in [-0.2, -0.15) is 0 Å². The first-order valence-corrected chi connectivity index (χ1v) is 13.1. The van der Waals surface area contributed by atoms with Crippen molar-refractivity contribution in [2.75, 3.05) is 6.61 Å². The van der Waals surface area contributed by atoms with Gasteiger partial charge in [0.25, 0.3) is 0 Å². The SMILES string of the molecule is C#C.Cc1ccc(C)c(OCC(=O)C2CCC3C4CCC5=CC(=O)CCC5(C)C4[C@@H](O)CC23C)c1. The molecule has 0 amide bonds. The fourth-order valence-electron chi connectivity index (χ4n) is 8.33. The summed E-state index contributed by atoms with van der Waals surface area (Å²) in [5, 5.41) is 11.5. The van der Waals surface area contributed by atoms with Crippen molar-refractivity contribution in [1.82, 2.24) is 0 Å². The number of aliphatic hydroxyl groups is 1. The van der Waals surface area contributed by atoms with Crippen LogP contribution in [0.1, 0.15) is 69.9 Å². The standard InChI is InChI=1S/C29H38O4.C2H2/c1-17-5-6-18(2)26(13-17)33-16-25(32)23-10-9-22-21-8-7-19-14-20(30)11-12-28(19,3)27(21)24(31)15-29(22,23)4;1-2/h5-6,13-14,21-24,27,31H,7-12,15-16H2,1-4H3;1-2H/t21?,22?,23?,24-,27?,28?,29?;/m0./s1. The van der Waals surface area contributed by atoms with Crippen LogP contribution in [0.2, 0.25) is 0 Å². The van der Waals surface area contributed by atoms with E-state index in [1.54, 1.807) is 0 Å². The Morgan fingerprint density at radius 3 is 2.63 bits per heavy atom. The van der Waals surface area contributed by atoms with Crippen LogP contribution in [-0.4, -0.2) is 29.4 Å². The minimum Gasteiger partial charge on any atom is -0.486 e. The van der Waals surface area contributed by atoms with E-state index >= 15 is 0 Å². The van der Waals surface area contributed by atoms with E-state index in [1.165, 1.54) is 5.57 Å². The van der Waals surface area contributed by atoms with E-state index in [-0.39, 0.29) is 40.8 Å². The highest BCUT2D eigenvalue weighted by Crippen LogP contribution is 2.66. The van der Waals surface area contributed by atoms with E-state index in [0.717, 1.165) is 49.0 Å². The molecule has 5 rings (SSSR count). The van der Waals surface area contributed by atoms with E-state index in [0.29, 0.717) is 24.7 Å². The van der Waals surface area contributed by atoms with E-state index in [4.69, 9.17) is 4.74 Å². The van der Waals surface area contributed by atoms with Gasteiger partial charge in [-0.25, -0.2) is 0 Å². The van der Waals surface area contributed by atoms with Gasteiger partial charge in [-0.3, -0.25) is 9.59 Å². The van der Waals surface area contributed by atoms with E-state index in [2.05, 4.69) is 32.8 Å². The summed E-state index contributed by atoms with van der Waals surface area (Å²) in [5.41, 5.74) is 3.18. The Morgan fingerprint density at radius 1 is 1.14 bits per heavy atom. The second-order valence-corrected chi connectivity index (χ2v) is 11.8. The first-order chi connectivity index (χ1) is 16.6. The number of hydrogen-bond donors (Lipinski definition) is 1. The van der Waals surface area contributed by atoms with Crippen molar-refractivity contribution < 1.29 is 19.4 Å². The number of allylic oxidation sites excluding steroid dienone is 1. The summed E-state index contributed by atoms with van der Waals surface area (Å²) < 4.78 is 6.00. The predicted octanol–water partition coefficient (Wildman–Crippen LogP) is 5.62. The lowest BCUT2D eigenvalue weighted by Crippen LogP contribution is -2.57. The number of fused-ring (bicyclic) bond motifs is 5. The van der Waals surface area contributed by atoms with Crippen molar-refractivity contribution in [3.63, 3.8) is 0 Å². The second kappa shape index (κ2) is 9.58. The van der Waals surface area contributed by atoms with Crippen molar-refractivity contribution in [3.8, 4) is 18.6 Å². The Bertz CT molecular complexity index is 1050. The van der Waals surface area contributed by atoms with Gasteiger partial charge < -0.3 is 9.84 Å². The molecule has 0 heterocycles. The highest BCUT2D eigenvalue weighted by atomic mass is 16.5. The molecule has 0 aliphatic heterocycles. The summed E-state index contributed by atoms with van der Waals surface area (Å²) in [6.45, 7) is 8.68. The number of carbonyl (C=O) groups is 2. The maximum Gasteiger partial charge on any atom is 0.173 e. The first kappa shape index (κ1) is 25.7. The van der Waals surface area contributed by atoms with Gasteiger partial charge in [0.2, 0.25) is 0 Å².